The molecule has 0 spiro atoms. The molecular formula is C15H16N4O3S2. The molecule has 2 N–H and O–H groups in total. The fourth-order valence-electron chi connectivity index (χ4n) is 2.14. The molecule has 0 radical (unpaired) electrons. The molecule has 1 aromatic carbocycles. The summed E-state index contributed by atoms with van der Waals surface area (Å²) in [7, 11) is -2.03. The van der Waals surface area contributed by atoms with E-state index in [0.717, 1.165) is 32.3 Å². The maximum absolute atomic E-state index is 12.0. The summed E-state index contributed by atoms with van der Waals surface area (Å²) in [6.45, 7) is -0.236. The number of aromatic amines is 1. The zero-order chi connectivity index (χ0) is 17.3. The quantitative estimate of drug-likeness (QED) is 0.725. The summed E-state index contributed by atoms with van der Waals surface area (Å²) in [6, 6.07) is 9.25. The van der Waals surface area contributed by atoms with Gasteiger partial charge in [0.2, 0.25) is 15.9 Å². The lowest BCUT2D eigenvalue weighted by atomic mass is 10.3. The summed E-state index contributed by atoms with van der Waals surface area (Å²) in [4.78, 5) is 20.7. The molecule has 0 aliphatic rings. The molecule has 0 atom stereocenters. The van der Waals surface area contributed by atoms with Crippen LogP contribution in [-0.4, -0.2) is 48.4 Å². The van der Waals surface area contributed by atoms with Gasteiger partial charge in [-0.3, -0.25) is 4.79 Å². The van der Waals surface area contributed by atoms with Crippen LogP contribution in [0.2, 0.25) is 0 Å². The zero-order valence-electron chi connectivity index (χ0n) is 13.1. The Kier molecular flexibility index (Phi) is 4.39. The molecule has 3 rings (SSSR count). The molecule has 0 aliphatic heterocycles. The first-order valence-corrected chi connectivity index (χ1v) is 9.80. The lowest BCUT2D eigenvalue weighted by molar-refractivity contribution is -0.116. The van der Waals surface area contributed by atoms with Crippen LogP contribution in [0.15, 0.2) is 35.7 Å². The first kappa shape index (κ1) is 16.6. The Balaban J connectivity index is 1.77. The van der Waals surface area contributed by atoms with Gasteiger partial charge in [-0.1, -0.05) is 6.07 Å². The summed E-state index contributed by atoms with van der Waals surface area (Å²) >= 11 is 1.59. The second-order valence-corrected chi connectivity index (χ2v) is 8.40. The predicted octanol–water partition coefficient (Wildman–Crippen LogP) is 2.12. The van der Waals surface area contributed by atoms with E-state index in [1.54, 1.807) is 29.5 Å². The third-order valence-electron chi connectivity index (χ3n) is 3.45. The van der Waals surface area contributed by atoms with Crippen LogP contribution in [-0.2, 0) is 14.8 Å². The first-order chi connectivity index (χ1) is 11.3. The van der Waals surface area contributed by atoms with E-state index in [-0.39, 0.29) is 6.54 Å². The highest BCUT2D eigenvalue weighted by Crippen LogP contribution is 2.25. The number of hydrogen-bond acceptors (Lipinski definition) is 5. The van der Waals surface area contributed by atoms with Gasteiger partial charge in [0.05, 0.1) is 28.7 Å². The van der Waals surface area contributed by atoms with Gasteiger partial charge in [0.15, 0.2) is 0 Å². The molecule has 0 fully saturated rings. The Bertz CT molecular complexity index is 977. The van der Waals surface area contributed by atoms with Crippen molar-refractivity contribution < 1.29 is 13.2 Å². The maximum atomic E-state index is 12.0. The van der Waals surface area contributed by atoms with Crippen molar-refractivity contribution in [2.45, 2.75) is 0 Å². The van der Waals surface area contributed by atoms with E-state index in [9.17, 15) is 13.2 Å². The predicted molar refractivity (Wildman–Crippen MR) is 95.5 cm³/mol. The van der Waals surface area contributed by atoms with E-state index in [2.05, 4.69) is 15.3 Å². The summed E-state index contributed by atoms with van der Waals surface area (Å²) in [5.74, 6) is 0.376. The molecule has 0 aliphatic carbocycles. The Morgan fingerprint density at radius 3 is 2.83 bits per heavy atom. The number of nitrogens with one attached hydrogen (secondary N) is 2. The number of nitrogens with zero attached hydrogens (tertiary/aromatic N) is 2. The standard InChI is InChI=1S/C15H16N4O3S2/c1-19(24(2,21)22)9-14(20)16-10-5-6-11-12(8-10)18-15(17-11)13-4-3-7-23-13/h3-8H,9H2,1-2H3,(H,16,20)(H,17,18). The maximum Gasteiger partial charge on any atom is 0.239 e. The average Bonchev–Trinajstić information content (AvgIpc) is 3.14. The average molecular weight is 364 g/mol. The van der Waals surface area contributed by atoms with Gasteiger partial charge in [0.25, 0.3) is 0 Å². The molecular weight excluding hydrogens is 348 g/mol. The van der Waals surface area contributed by atoms with E-state index >= 15 is 0 Å². The molecule has 1 amide bonds. The SMILES string of the molecule is CN(CC(=O)Nc1ccc2nc(-c3cccs3)[nH]c2c1)S(C)(=O)=O. The third kappa shape index (κ3) is 3.64. The summed E-state index contributed by atoms with van der Waals surface area (Å²) in [6.07, 6.45) is 1.06. The van der Waals surface area contributed by atoms with Crippen molar-refractivity contribution in [1.82, 2.24) is 14.3 Å². The minimum atomic E-state index is -3.39. The van der Waals surface area contributed by atoms with Gasteiger partial charge in [-0.05, 0) is 29.6 Å². The molecule has 0 saturated heterocycles. The molecule has 9 heteroatoms. The number of rotatable bonds is 5. The number of H-pyrrole nitrogens is 1. The fourth-order valence-corrected chi connectivity index (χ4v) is 3.16. The van der Waals surface area contributed by atoms with Crippen molar-refractivity contribution in [1.29, 1.82) is 0 Å². The fraction of sp³-hybridized carbons (Fsp3) is 0.200. The molecule has 2 heterocycles. The monoisotopic (exact) mass is 364 g/mol. The number of sulfonamides is 1. The smallest absolute Gasteiger partial charge is 0.239 e. The van der Waals surface area contributed by atoms with Crippen molar-refractivity contribution >= 4 is 44.0 Å². The van der Waals surface area contributed by atoms with Crippen molar-refractivity contribution in [3.63, 3.8) is 0 Å². The highest BCUT2D eigenvalue weighted by molar-refractivity contribution is 7.88. The van der Waals surface area contributed by atoms with Crippen LogP contribution < -0.4 is 5.32 Å². The molecule has 3 aromatic rings. The number of benzene rings is 1. The number of likely N-dealkylation sites (N-methyl/N-ethyl adjacent to an activating group) is 1. The number of thiophene rings is 1. The van der Waals surface area contributed by atoms with Gasteiger partial charge >= 0.3 is 0 Å². The van der Waals surface area contributed by atoms with E-state index in [1.807, 2.05) is 17.5 Å². The number of carbonyl (C=O) groups is 1. The van der Waals surface area contributed by atoms with Crippen LogP contribution in [0.4, 0.5) is 5.69 Å². The lowest BCUT2D eigenvalue weighted by Gasteiger charge is -2.13. The van der Waals surface area contributed by atoms with Crippen LogP contribution in [0.5, 0.6) is 0 Å². The second-order valence-electron chi connectivity index (χ2n) is 5.36. The molecule has 24 heavy (non-hydrogen) atoms. The van der Waals surface area contributed by atoms with Crippen molar-refractivity contribution in [3.8, 4) is 10.7 Å². The Morgan fingerprint density at radius 2 is 2.17 bits per heavy atom. The number of aromatic nitrogens is 2. The number of carbonyl (C=O) groups excluding carboxylic acids is 1. The van der Waals surface area contributed by atoms with Crippen molar-refractivity contribution in [2.75, 3.05) is 25.2 Å². The van der Waals surface area contributed by atoms with Gasteiger partial charge in [0, 0.05) is 12.7 Å². The number of anilines is 1. The van der Waals surface area contributed by atoms with Crippen LogP contribution >= 0.6 is 11.3 Å². The second kappa shape index (κ2) is 6.34. The molecule has 126 valence electrons. The minimum Gasteiger partial charge on any atom is -0.337 e. The number of imidazole rings is 1. The molecule has 7 nitrogen and oxygen atoms in total. The van der Waals surface area contributed by atoms with Gasteiger partial charge < -0.3 is 10.3 Å². The Labute approximate surface area is 143 Å². The molecule has 0 unspecified atom stereocenters. The van der Waals surface area contributed by atoms with E-state index < -0.39 is 15.9 Å². The van der Waals surface area contributed by atoms with Crippen LogP contribution in [0.1, 0.15) is 0 Å². The number of fused-ring (bicyclic) bond motifs is 1. The number of hydrogen-bond donors (Lipinski definition) is 2. The van der Waals surface area contributed by atoms with Crippen molar-refractivity contribution in [3.05, 3.63) is 35.7 Å². The highest BCUT2D eigenvalue weighted by Gasteiger charge is 2.15. The van der Waals surface area contributed by atoms with Crippen LogP contribution in [0, 0.1) is 0 Å². The topological polar surface area (TPSA) is 95.2 Å². The van der Waals surface area contributed by atoms with Gasteiger partial charge in [-0.2, -0.15) is 4.31 Å². The first-order valence-electron chi connectivity index (χ1n) is 7.08. The number of amides is 1. The van der Waals surface area contributed by atoms with Gasteiger partial charge in [-0.15, -0.1) is 11.3 Å². The molecule has 0 saturated carbocycles. The van der Waals surface area contributed by atoms with E-state index in [0.29, 0.717) is 5.69 Å². The normalized spacial score (nSPS) is 12.0. The van der Waals surface area contributed by atoms with Gasteiger partial charge in [0.1, 0.15) is 5.82 Å². The molecule has 2 aromatic heterocycles. The summed E-state index contributed by atoms with van der Waals surface area (Å²) < 4.78 is 23.7. The highest BCUT2D eigenvalue weighted by atomic mass is 32.2. The van der Waals surface area contributed by atoms with E-state index in [1.165, 1.54) is 7.05 Å². The Morgan fingerprint density at radius 1 is 1.38 bits per heavy atom. The van der Waals surface area contributed by atoms with Crippen LogP contribution in [0.3, 0.4) is 0 Å². The Hall–Kier alpha value is -2.23. The lowest BCUT2D eigenvalue weighted by Crippen LogP contribution is -2.34. The summed E-state index contributed by atoms with van der Waals surface area (Å²) in [5, 5.41) is 4.67. The van der Waals surface area contributed by atoms with E-state index in [4.69, 9.17) is 0 Å². The van der Waals surface area contributed by atoms with Crippen LogP contribution in [0.25, 0.3) is 21.7 Å². The minimum absolute atomic E-state index is 0.236. The third-order valence-corrected chi connectivity index (χ3v) is 5.59. The molecule has 0 bridgehead atoms. The van der Waals surface area contributed by atoms with Crippen molar-refractivity contribution in [2.24, 2.45) is 0 Å². The largest absolute Gasteiger partial charge is 0.337 e. The zero-order valence-corrected chi connectivity index (χ0v) is 14.7. The van der Waals surface area contributed by atoms with Gasteiger partial charge in [-0.25, -0.2) is 13.4 Å². The summed E-state index contributed by atoms with van der Waals surface area (Å²) in [5.41, 5.74) is 2.17.